The van der Waals surface area contributed by atoms with Crippen LogP contribution in [0.1, 0.15) is 27.7 Å². The van der Waals surface area contributed by atoms with Crippen LogP contribution in [0.25, 0.3) is 0 Å². The number of esters is 1. The van der Waals surface area contributed by atoms with Crippen LogP contribution >= 0.6 is 11.3 Å². The molecule has 0 aliphatic carbocycles. The number of nitrogen functional groups attached to an aromatic ring is 1. The Balaban J connectivity index is 2.26. The number of anilines is 1. The van der Waals surface area contributed by atoms with Crippen molar-refractivity contribution in [3.63, 3.8) is 0 Å². The van der Waals surface area contributed by atoms with E-state index in [1.165, 1.54) is 11.3 Å². The highest BCUT2D eigenvalue weighted by molar-refractivity contribution is 7.16. The van der Waals surface area contributed by atoms with Crippen molar-refractivity contribution in [1.29, 1.82) is 0 Å². The second-order valence-corrected chi connectivity index (χ2v) is 5.27. The van der Waals surface area contributed by atoms with E-state index in [0.717, 1.165) is 30.0 Å². The average molecular weight is 264 g/mol. The van der Waals surface area contributed by atoms with Crippen LogP contribution in [0.4, 0.5) is 5.00 Å². The summed E-state index contributed by atoms with van der Waals surface area (Å²) < 4.78 is 5.05. The van der Waals surface area contributed by atoms with Crippen molar-refractivity contribution in [1.82, 2.24) is 4.90 Å². The average Bonchev–Trinajstić information content (AvgIpc) is 2.65. The SMILES string of the molecule is C#CCN1CCc2c(sc(N)c2C(=O)OCC)C1. The second-order valence-electron chi connectivity index (χ2n) is 4.13. The Morgan fingerprint density at radius 2 is 2.44 bits per heavy atom. The molecule has 0 saturated carbocycles. The van der Waals surface area contributed by atoms with Gasteiger partial charge in [-0.1, -0.05) is 5.92 Å². The predicted molar refractivity (Wildman–Crippen MR) is 72.5 cm³/mol. The van der Waals surface area contributed by atoms with Crippen molar-refractivity contribution in [2.24, 2.45) is 0 Å². The molecule has 1 aliphatic heterocycles. The number of ether oxygens (including phenoxy) is 1. The van der Waals surface area contributed by atoms with Crippen LogP contribution < -0.4 is 5.73 Å². The first-order valence-corrected chi connectivity index (χ1v) is 6.72. The predicted octanol–water partition coefficient (Wildman–Crippen LogP) is 1.50. The minimum absolute atomic E-state index is 0.308. The van der Waals surface area contributed by atoms with Crippen LogP contribution in [-0.2, 0) is 17.7 Å². The molecule has 18 heavy (non-hydrogen) atoms. The first kappa shape index (κ1) is 12.9. The summed E-state index contributed by atoms with van der Waals surface area (Å²) in [5.74, 6) is 2.33. The van der Waals surface area contributed by atoms with Crippen molar-refractivity contribution >= 4 is 22.3 Å². The Kier molecular flexibility index (Phi) is 3.90. The third-order valence-electron chi connectivity index (χ3n) is 2.96. The molecule has 2 heterocycles. The van der Waals surface area contributed by atoms with Gasteiger partial charge < -0.3 is 10.5 Å². The molecular weight excluding hydrogens is 248 g/mol. The maximum absolute atomic E-state index is 11.9. The lowest BCUT2D eigenvalue weighted by molar-refractivity contribution is 0.0526. The van der Waals surface area contributed by atoms with Crippen molar-refractivity contribution in [3.8, 4) is 12.3 Å². The molecule has 1 aliphatic rings. The molecular formula is C13H16N2O2S. The van der Waals surface area contributed by atoms with Crippen molar-refractivity contribution in [2.45, 2.75) is 19.9 Å². The number of carbonyl (C=O) groups excluding carboxylic acids is 1. The summed E-state index contributed by atoms with van der Waals surface area (Å²) in [7, 11) is 0. The molecule has 0 saturated heterocycles. The molecule has 0 atom stereocenters. The molecule has 0 spiro atoms. The molecule has 2 N–H and O–H groups in total. The highest BCUT2D eigenvalue weighted by Crippen LogP contribution is 2.35. The maximum Gasteiger partial charge on any atom is 0.341 e. The van der Waals surface area contributed by atoms with E-state index >= 15 is 0 Å². The monoisotopic (exact) mass is 264 g/mol. The summed E-state index contributed by atoms with van der Waals surface area (Å²) in [4.78, 5) is 15.2. The quantitative estimate of drug-likeness (QED) is 0.664. The van der Waals surface area contributed by atoms with Gasteiger partial charge in [-0.2, -0.15) is 0 Å². The summed E-state index contributed by atoms with van der Waals surface area (Å²) in [6, 6.07) is 0. The van der Waals surface area contributed by atoms with Crippen LogP contribution in [0.15, 0.2) is 0 Å². The zero-order valence-electron chi connectivity index (χ0n) is 10.4. The van der Waals surface area contributed by atoms with E-state index in [0.29, 0.717) is 23.7 Å². The van der Waals surface area contributed by atoms with Crippen molar-refractivity contribution < 1.29 is 9.53 Å². The van der Waals surface area contributed by atoms with Gasteiger partial charge in [0.2, 0.25) is 0 Å². The number of nitrogens with zero attached hydrogens (tertiary/aromatic N) is 1. The number of nitrogens with two attached hydrogens (primary N) is 1. The summed E-state index contributed by atoms with van der Waals surface area (Å²) in [5.41, 5.74) is 7.54. The lowest BCUT2D eigenvalue weighted by Gasteiger charge is -2.24. The second kappa shape index (κ2) is 5.42. The minimum Gasteiger partial charge on any atom is -0.462 e. The number of thiophene rings is 1. The van der Waals surface area contributed by atoms with Gasteiger partial charge in [0.05, 0.1) is 18.7 Å². The standard InChI is InChI=1S/C13H16N2O2S/c1-3-6-15-7-5-9-10(8-15)18-12(14)11(9)13(16)17-4-2/h1H,4-8,14H2,2H3. The highest BCUT2D eigenvalue weighted by atomic mass is 32.1. The molecule has 0 radical (unpaired) electrons. The van der Waals surface area contributed by atoms with E-state index in [1.54, 1.807) is 6.92 Å². The third-order valence-corrected chi connectivity index (χ3v) is 4.00. The van der Waals surface area contributed by atoms with Crippen LogP contribution in [0.3, 0.4) is 0 Å². The van der Waals surface area contributed by atoms with Gasteiger partial charge in [0.25, 0.3) is 0 Å². The maximum atomic E-state index is 11.9. The zero-order valence-corrected chi connectivity index (χ0v) is 11.2. The van der Waals surface area contributed by atoms with Crippen LogP contribution in [0.2, 0.25) is 0 Å². The number of fused-ring (bicyclic) bond motifs is 1. The van der Waals surface area contributed by atoms with E-state index in [1.807, 2.05) is 0 Å². The number of carbonyl (C=O) groups is 1. The first-order chi connectivity index (χ1) is 8.67. The Bertz CT molecular complexity index is 502. The van der Waals surface area contributed by atoms with Gasteiger partial charge in [0.15, 0.2) is 0 Å². The van der Waals surface area contributed by atoms with Crippen molar-refractivity contribution in [2.75, 3.05) is 25.4 Å². The van der Waals surface area contributed by atoms with Crippen LogP contribution in [0, 0.1) is 12.3 Å². The molecule has 1 aromatic heterocycles. The first-order valence-electron chi connectivity index (χ1n) is 5.90. The van der Waals surface area contributed by atoms with Gasteiger partial charge in [0, 0.05) is 18.0 Å². The van der Waals surface area contributed by atoms with E-state index in [4.69, 9.17) is 16.9 Å². The molecule has 0 bridgehead atoms. The largest absolute Gasteiger partial charge is 0.462 e. The third kappa shape index (κ3) is 2.35. The van der Waals surface area contributed by atoms with E-state index in [-0.39, 0.29) is 5.97 Å². The molecule has 0 aromatic carbocycles. The fourth-order valence-corrected chi connectivity index (χ4v) is 3.32. The highest BCUT2D eigenvalue weighted by Gasteiger charge is 2.27. The zero-order chi connectivity index (χ0) is 13.1. The fourth-order valence-electron chi connectivity index (χ4n) is 2.17. The molecule has 0 amide bonds. The van der Waals surface area contributed by atoms with Crippen LogP contribution in [-0.4, -0.2) is 30.6 Å². The summed E-state index contributed by atoms with van der Waals surface area (Å²) >= 11 is 1.47. The number of terminal acetylenes is 1. The molecule has 4 nitrogen and oxygen atoms in total. The number of hydrogen-bond acceptors (Lipinski definition) is 5. The van der Waals surface area contributed by atoms with E-state index in [9.17, 15) is 4.79 Å². The topological polar surface area (TPSA) is 55.6 Å². The van der Waals surface area contributed by atoms with E-state index < -0.39 is 0 Å². The Morgan fingerprint density at radius 3 is 3.11 bits per heavy atom. The molecule has 5 heteroatoms. The van der Waals surface area contributed by atoms with Crippen LogP contribution in [0.5, 0.6) is 0 Å². The Labute approximate surface area is 111 Å². The minimum atomic E-state index is -0.308. The number of rotatable bonds is 3. The molecule has 0 unspecified atom stereocenters. The van der Waals surface area contributed by atoms with Gasteiger partial charge >= 0.3 is 5.97 Å². The van der Waals surface area contributed by atoms with Gasteiger partial charge in [-0.05, 0) is 18.9 Å². The van der Waals surface area contributed by atoms with Gasteiger partial charge in [-0.15, -0.1) is 17.8 Å². The Hall–Kier alpha value is -1.51. The van der Waals surface area contributed by atoms with Gasteiger partial charge in [0.1, 0.15) is 5.00 Å². The summed E-state index contributed by atoms with van der Waals surface area (Å²) in [6.45, 7) is 4.42. The fraction of sp³-hybridized carbons (Fsp3) is 0.462. The molecule has 96 valence electrons. The van der Waals surface area contributed by atoms with Gasteiger partial charge in [-0.3, -0.25) is 4.90 Å². The number of hydrogen-bond donors (Lipinski definition) is 1. The molecule has 0 fully saturated rings. The van der Waals surface area contributed by atoms with Gasteiger partial charge in [-0.25, -0.2) is 4.79 Å². The molecule has 2 rings (SSSR count). The molecule has 1 aromatic rings. The summed E-state index contributed by atoms with van der Waals surface area (Å²) in [5, 5.41) is 0.556. The Morgan fingerprint density at radius 1 is 1.67 bits per heavy atom. The summed E-state index contributed by atoms with van der Waals surface area (Å²) in [6.07, 6.45) is 6.12. The smallest absolute Gasteiger partial charge is 0.341 e. The normalized spacial score (nSPS) is 14.9. The lowest BCUT2D eigenvalue weighted by Crippen LogP contribution is -2.30. The van der Waals surface area contributed by atoms with E-state index in [2.05, 4.69) is 10.8 Å². The lowest BCUT2D eigenvalue weighted by atomic mass is 10.0. The van der Waals surface area contributed by atoms with Crippen molar-refractivity contribution in [3.05, 3.63) is 16.0 Å².